The number of unbranched alkanes of at least 4 members (excludes halogenated alkanes) is 2. The minimum Gasteiger partial charge on any atom is -0.451 e. The fourth-order valence-corrected chi connectivity index (χ4v) is 3.70. The Bertz CT molecular complexity index is 1190. The van der Waals surface area contributed by atoms with Crippen LogP contribution < -0.4 is 10.9 Å². The first-order valence-corrected chi connectivity index (χ1v) is 11.5. The van der Waals surface area contributed by atoms with Gasteiger partial charge in [0.2, 0.25) is 0 Å². The number of nitrogens with one attached hydrogen (secondary N) is 1. The normalized spacial score (nSPS) is 11.8. The van der Waals surface area contributed by atoms with E-state index in [9.17, 15) is 14.4 Å². The number of rotatable bonds is 10. The summed E-state index contributed by atoms with van der Waals surface area (Å²) in [5, 5.41) is 7.94. The molecule has 2 aromatic carbocycles. The van der Waals surface area contributed by atoms with E-state index in [0.717, 1.165) is 31.2 Å². The van der Waals surface area contributed by atoms with Gasteiger partial charge in [0.05, 0.1) is 5.39 Å². The number of esters is 1. The summed E-state index contributed by atoms with van der Waals surface area (Å²) in [7, 11) is 0. The Morgan fingerprint density at radius 3 is 2.45 bits per heavy atom. The molecule has 0 saturated heterocycles. The van der Waals surface area contributed by atoms with E-state index in [1.807, 2.05) is 24.3 Å². The summed E-state index contributed by atoms with van der Waals surface area (Å²) in [5.41, 5.74) is 1.54. The van der Waals surface area contributed by atoms with Gasteiger partial charge in [-0.25, -0.2) is 9.48 Å². The highest BCUT2D eigenvalue weighted by atomic mass is 16.5. The molecule has 0 fully saturated rings. The van der Waals surface area contributed by atoms with Gasteiger partial charge in [-0.1, -0.05) is 70.0 Å². The van der Waals surface area contributed by atoms with Gasteiger partial charge >= 0.3 is 5.97 Å². The SMILES string of the molecule is CCCCCn1nc(C(=O)OCC(=O)Nc2ccccc2[C@H](C)CC)c2ccccc2c1=O. The standard InChI is InChI=1S/C26H31N3O4/c1-4-6-11-16-29-25(31)21-14-8-7-13-20(21)24(28-29)26(32)33-17-23(30)27-22-15-10-9-12-19(22)18(3)5-2/h7-10,12-15,18H,4-6,11,16-17H2,1-3H3,(H,27,30)/t18-/m1/s1. The minimum absolute atomic E-state index is 0.0366. The van der Waals surface area contributed by atoms with E-state index >= 15 is 0 Å². The van der Waals surface area contributed by atoms with Crippen LogP contribution in [0.1, 0.15) is 68.4 Å². The van der Waals surface area contributed by atoms with Gasteiger partial charge in [-0.05, 0) is 36.5 Å². The lowest BCUT2D eigenvalue weighted by molar-refractivity contribution is -0.119. The van der Waals surface area contributed by atoms with Crippen LogP contribution in [0, 0.1) is 0 Å². The first kappa shape index (κ1) is 24.2. The summed E-state index contributed by atoms with van der Waals surface area (Å²) in [6, 6.07) is 14.4. The zero-order valence-electron chi connectivity index (χ0n) is 19.5. The molecule has 0 saturated carbocycles. The molecule has 1 aromatic heterocycles. The number of nitrogens with zero attached hydrogens (tertiary/aromatic N) is 2. The van der Waals surface area contributed by atoms with Crippen molar-refractivity contribution in [3.05, 3.63) is 70.1 Å². The van der Waals surface area contributed by atoms with Gasteiger partial charge in [-0.2, -0.15) is 5.10 Å². The number of carbonyl (C=O) groups is 2. The molecule has 0 bridgehead atoms. The number of anilines is 1. The zero-order chi connectivity index (χ0) is 23.8. The van der Waals surface area contributed by atoms with E-state index in [4.69, 9.17) is 4.74 Å². The summed E-state index contributed by atoms with van der Waals surface area (Å²) in [5.74, 6) is -0.881. The summed E-state index contributed by atoms with van der Waals surface area (Å²) in [4.78, 5) is 38.1. The monoisotopic (exact) mass is 449 g/mol. The van der Waals surface area contributed by atoms with Crippen molar-refractivity contribution in [2.75, 3.05) is 11.9 Å². The van der Waals surface area contributed by atoms with Crippen LogP contribution in [0.5, 0.6) is 0 Å². The molecule has 7 nitrogen and oxygen atoms in total. The predicted molar refractivity (Wildman–Crippen MR) is 130 cm³/mol. The fourth-order valence-electron chi connectivity index (χ4n) is 3.70. The number of para-hydroxylation sites is 1. The van der Waals surface area contributed by atoms with Crippen molar-refractivity contribution >= 4 is 28.3 Å². The molecule has 0 aliphatic heterocycles. The molecule has 0 aliphatic carbocycles. The molecule has 174 valence electrons. The summed E-state index contributed by atoms with van der Waals surface area (Å²) >= 11 is 0. The Kier molecular flexibility index (Phi) is 8.35. The van der Waals surface area contributed by atoms with Crippen molar-refractivity contribution in [3.63, 3.8) is 0 Å². The first-order valence-electron chi connectivity index (χ1n) is 11.5. The smallest absolute Gasteiger partial charge is 0.359 e. The third-order valence-electron chi connectivity index (χ3n) is 5.75. The molecular weight excluding hydrogens is 418 g/mol. The first-order chi connectivity index (χ1) is 16.0. The molecule has 0 unspecified atom stereocenters. The van der Waals surface area contributed by atoms with Crippen molar-refractivity contribution in [2.24, 2.45) is 0 Å². The minimum atomic E-state index is -0.735. The van der Waals surface area contributed by atoms with Gasteiger partial charge in [0.15, 0.2) is 12.3 Å². The van der Waals surface area contributed by atoms with Crippen LogP contribution >= 0.6 is 0 Å². The quantitative estimate of drug-likeness (QED) is 0.351. The maximum atomic E-state index is 12.9. The fraction of sp³-hybridized carbons (Fsp3) is 0.385. The van der Waals surface area contributed by atoms with Gasteiger partial charge < -0.3 is 10.1 Å². The molecule has 3 aromatic rings. The summed E-state index contributed by atoms with van der Waals surface area (Å²) in [6.45, 7) is 6.23. The highest BCUT2D eigenvalue weighted by Gasteiger charge is 2.19. The van der Waals surface area contributed by atoms with Crippen LogP contribution in [0.4, 0.5) is 5.69 Å². The van der Waals surface area contributed by atoms with Crippen molar-refractivity contribution < 1.29 is 14.3 Å². The van der Waals surface area contributed by atoms with Gasteiger partial charge in [-0.3, -0.25) is 9.59 Å². The summed E-state index contributed by atoms with van der Waals surface area (Å²) in [6.07, 6.45) is 3.69. The van der Waals surface area contributed by atoms with Gasteiger partial charge in [0.25, 0.3) is 11.5 Å². The molecule has 1 amide bonds. The molecule has 1 heterocycles. The highest BCUT2D eigenvalue weighted by Crippen LogP contribution is 2.26. The molecule has 3 rings (SSSR count). The van der Waals surface area contributed by atoms with E-state index < -0.39 is 18.5 Å². The van der Waals surface area contributed by atoms with Crippen LogP contribution in [0.3, 0.4) is 0 Å². The molecular formula is C26H31N3O4. The average molecular weight is 450 g/mol. The highest BCUT2D eigenvalue weighted by molar-refractivity contribution is 6.03. The Labute approximate surface area is 193 Å². The molecule has 33 heavy (non-hydrogen) atoms. The largest absolute Gasteiger partial charge is 0.451 e. The predicted octanol–water partition coefficient (Wildman–Crippen LogP) is 4.90. The molecule has 1 atom stereocenters. The number of aromatic nitrogens is 2. The van der Waals surface area contributed by atoms with Crippen LogP contribution in [-0.4, -0.2) is 28.3 Å². The third kappa shape index (κ3) is 5.86. The summed E-state index contributed by atoms with van der Waals surface area (Å²) < 4.78 is 6.61. The Balaban J connectivity index is 1.76. The molecule has 7 heteroatoms. The van der Waals surface area contributed by atoms with E-state index in [-0.39, 0.29) is 17.2 Å². The molecule has 0 radical (unpaired) electrons. The van der Waals surface area contributed by atoms with Crippen molar-refractivity contribution in [3.8, 4) is 0 Å². The van der Waals surface area contributed by atoms with Gasteiger partial charge in [-0.15, -0.1) is 0 Å². The third-order valence-corrected chi connectivity index (χ3v) is 5.75. The Morgan fingerprint density at radius 2 is 1.73 bits per heavy atom. The number of hydrogen-bond acceptors (Lipinski definition) is 5. The van der Waals surface area contributed by atoms with Crippen molar-refractivity contribution in [1.29, 1.82) is 0 Å². The second kappa shape index (κ2) is 11.4. The van der Waals surface area contributed by atoms with Crippen LogP contribution in [0.2, 0.25) is 0 Å². The Morgan fingerprint density at radius 1 is 1.03 bits per heavy atom. The maximum absolute atomic E-state index is 12.9. The lowest BCUT2D eigenvalue weighted by Gasteiger charge is -2.15. The number of amides is 1. The van der Waals surface area contributed by atoms with E-state index in [1.165, 1.54) is 4.68 Å². The van der Waals surface area contributed by atoms with Crippen molar-refractivity contribution in [1.82, 2.24) is 9.78 Å². The van der Waals surface area contributed by atoms with Gasteiger partial charge in [0, 0.05) is 17.6 Å². The van der Waals surface area contributed by atoms with E-state index in [2.05, 4.69) is 31.2 Å². The van der Waals surface area contributed by atoms with Crippen LogP contribution in [0.25, 0.3) is 10.8 Å². The molecule has 0 aliphatic rings. The number of carbonyl (C=O) groups excluding carboxylic acids is 2. The lowest BCUT2D eigenvalue weighted by atomic mass is 9.97. The molecule has 0 spiro atoms. The second-order valence-corrected chi connectivity index (χ2v) is 8.15. The van der Waals surface area contributed by atoms with Crippen molar-refractivity contribution in [2.45, 2.75) is 58.9 Å². The average Bonchev–Trinajstić information content (AvgIpc) is 2.84. The lowest BCUT2D eigenvalue weighted by Crippen LogP contribution is -2.28. The van der Waals surface area contributed by atoms with Crippen LogP contribution in [0.15, 0.2) is 53.3 Å². The maximum Gasteiger partial charge on any atom is 0.359 e. The van der Waals surface area contributed by atoms with E-state index in [0.29, 0.717) is 23.0 Å². The molecule has 1 N–H and O–H groups in total. The van der Waals surface area contributed by atoms with Crippen LogP contribution in [-0.2, 0) is 16.1 Å². The topological polar surface area (TPSA) is 90.3 Å². The van der Waals surface area contributed by atoms with E-state index in [1.54, 1.807) is 24.3 Å². The number of hydrogen-bond donors (Lipinski definition) is 1. The number of ether oxygens (including phenoxy) is 1. The second-order valence-electron chi connectivity index (χ2n) is 8.15. The van der Waals surface area contributed by atoms with Gasteiger partial charge in [0.1, 0.15) is 0 Å². The number of fused-ring (bicyclic) bond motifs is 1. The zero-order valence-corrected chi connectivity index (χ0v) is 19.5. The Hall–Kier alpha value is -3.48. The number of aryl methyl sites for hydroxylation is 1. The number of benzene rings is 2.